The van der Waals surface area contributed by atoms with Gasteiger partial charge in [-0.05, 0) is 17.7 Å². The van der Waals surface area contributed by atoms with E-state index < -0.39 is 23.9 Å². The highest BCUT2D eigenvalue weighted by Gasteiger charge is 2.33. The van der Waals surface area contributed by atoms with Crippen molar-refractivity contribution in [1.82, 2.24) is 0 Å². The molecule has 0 aromatic heterocycles. The van der Waals surface area contributed by atoms with Crippen LogP contribution < -0.4 is 0 Å². The zero-order valence-corrected chi connectivity index (χ0v) is 10.4. The maximum atomic E-state index is 13.1. The number of fused-ring (bicyclic) bond motifs is 1. The first-order chi connectivity index (χ1) is 8.02. The molecule has 1 aliphatic heterocycles. The van der Waals surface area contributed by atoms with Gasteiger partial charge in [-0.3, -0.25) is 0 Å². The van der Waals surface area contributed by atoms with Crippen LogP contribution in [0.4, 0.5) is 4.39 Å². The number of cyclic esters (lactones) is 1. The molecule has 0 spiro atoms. The van der Waals surface area contributed by atoms with Gasteiger partial charge in [0.1, 0.15) is 5.82 Å². The van der Waals surface area contributed by atoms with Crippen molar-refractivity contribution in [3.63, 3.8) is 0 Å². The molecule has 4 nitrogen and oxygen atoms in total. The number of esters is 2. The maximum absolute atomic E-state index is 13.1. The molecule has 1 atom stereocenters. The fraction of sp³-hybridized carbons (Fsp3) is 0.273. The summed E-state index contributed by atoms with van der Waals surface area (Å²) in [5.41, 5.74) is 0.690. The summed E-state index contributed by atoms with van der Waals surface area (Å²) in [6.45, 7) is 0. The second-order valence-corrected chi connectivity index (χ2v) is 4.39. The highest BCUT2D eigenvalue weighted by molar-refractivity contribution is 9.10. The van der Waals surface area contributed by atoms with Crippen LogP contribution in [0.2, 0.25) is 0 Å². The fourth-order valence-electron chi connectivity index (χ4n) is 1.68. The van der Waals surface area contributed by atoms with E-state index in [4.69, 9.17) is 4.74 Å². The Morgan fingerprint density at radius 2 is 2.29 bits per heavy atom. The number of benzene rings is 1. The maximum Gasteiger partial charge on any atom is 0.347 e. The summed E-state index contributed by atoms with van der Waals surface area (Å²) in [5.74, 6) is -1.88. The average Bonchev–Trinajstić information content (AvgIpc) is 2.29. The van der Waals surface area contributed by atoms with E-state index in [1.165, 1.54) is 13.2 Å². The van der Waals surface area contributed by atoms with E-state index in [0.717, 1.165) is 6.07 Å². The van der Waals surface area contributed by atoms with E-state index in [1.807, 2.05) is 0 Å². The summed E-state index contributed by atoms with van der Waals surface area (Å²) in [7, 11) is 1.21. The predicted molar refractivity (Wildman–Crippen MR) is 59.0 cm³/mol. The topological polar surface area (TPSA) is 52.6 Å². The largest absolute Gasteiger partial charge is 0.466 e. The second-order valence-electron chi connectivity index (χ2n) is 3.53. The summed E-state index contributed by atoms with van der Waals surface area (Å²) in [4.78, 5) is 22.9. The van der Waals surface area contributed by atoms with Crippen LogP contribution in [0, 0.1) is 5.82 Å². The molecule has 17 heavy (non-hydrogen) atoms. The van der Waals surface area contributed by atoms with Crippen molar-refractivity contribution < 1.29 is 23.5 Å². The normalized spacial score (nSPS) is 18.3. The Labute approximate surface area is 105 Å². The molecular weight excluding hydrogens is 295 g/mol. The van der Waals surface area contributed by atoms with Crippen molar-refractivity contribution in [2.24, 2.45) is 0 Å². The quantitative estimate of drug-likeness (QED) is 0.743. The molecule has 2 rings (SSSR count). The van der Waals surface area contributed by atoms with Crippen molar-refractivity contribution in [3.8, 4) is 0 Å². The molecule has 1 aromatic carbocycles. The van der Waals surface area contributed by atoms with Gasteiger partial charge in [0.25, 0.3) is 0 Å². The van der Waals surface area contributed by atoms with Crippen LogP contribution in [0.1, 0.15) is 15.9 Å². The van der Waals surface area contributed by atoms with Gasteiger partial charge in [-0.1, -0.05) is 15.9 Å². The number of rotatable bonds is 1. The minimum absolute atomic E-state index is 0.136. The number of halogens is 2. The van der Waals surface area contributed by atoms with E-state index in [2.05, 4.69) is 20.7 Å². The summed E-state index contributed by atoms with van der Waals surface area (Å²) in [6.07, 6.45) is -0.795. The summed E-state index contributed by atoms with van der Waals surface area (Å²) in [5, 5.41) is 0. The molecule has 0 radical (unpaired) electrons. The van der Waals surface area contributed by atoms with Gasteiger partial charge in [-0.2, -0.15) is 0 Å². The second kappa shape index (κ2) is 4.44. The summed E-state index contributed by atoms with van der Waals surface area (Å²) >= 11 is 3.16. The van der Waals surface area contributed by atoms with E-state index in [0.29, 0.717) is 10.0 Å². The minimum Gasteiger partial charge on any atom is -0.466 e. The molecule has 1 heterocycles. The van der Waals surface area contributed by atoms with Crippen LogP contribution in [0.3, 0.4) is 0 Å². The Morgan fingerprint density at radius 1 is 1.59 bits per heavy atom. The highest BCUT2D eigenvalue weighted by atomic mass is 79.9. The van der Waals surface area contributed by atoms with Crippen LogP contribution in [-0.2, 0) is 20.7 Å². The van der Waals surface area contributed by atoms with Crippen LogP contribution >= 0.6 is 15.9 Å². The van der Waals surface area contributed by atoms with E-state index >= 15 is 0 Å². The smallest absolute Gasteiger partial charge is 0.347 e. The zero-order valence-electron chi connectivity index (χ0n) is 8.83. The van der Waals surface area contributed by atoms with Gasteiger partial charge < -0.3 is 9.47 Å². The zero-order chi connectivity index (χ0) is 12.6. The van der Waals surface area contributed by atoms with Gasteiger partial charge in [-0.25, -0.2) is 14.0 Å². The lowest BCUT2D eigenvalue weighted by molar-refractivity contribution is -0.151. The lowest BCUT2D eigenvalue weighted by atomic mass is 9.98. The number of hydrogen-bond acceptors (Lipinski definition) is 4. The Kier molecular flexibility index (Phi) is 3.15. The van der Waals surface area contributed by atoms with Crippen LogP contribution in [-0.4, -0.2) is 25.2 Å². The Morgan fingerprint density at radius 3 is 2.94 bits per heavy atom. The number of methoxy groups -OCH3 is 1. The standard InChI is InChI=1S/C11H8BrFO4/c1-16-11(15)9-4-6-7(10(14)17-9)2-5(13)3-8(6)12/h2-3,9H,4H2,1H3. The molecule has 1 unspecified atom stereocenters. The van der Waals surface area contributed by atoms with E-state index in [1.54, 1.807) is 0 Å². The Hall–Kier alpha value is -1.43. The number of carbonyl (C=O) groups is 2. The summed E-state index contributed by atoms with van der Waals surface area (Å²) in [6, 6.07) is 2.34. The van der Waals surface area contributed by atoms with Crippen molar-refractivity contribution in [3.05, 3.63) is 33.5 Å². The first kappa shape index (κ1) is 12.0. The average molecular weight is 303 g/mol. The van der Waals surface area contributed by atoms with Gasteiger partial charge in [-0.15, -0.1) is 0 Å². The van der Waals surface area contributed by atoms with Crippen LogP contribution in [0.5, 0.6) is 0 Å². The van der Waals surface area contributed by atoms with Crippen molar-refractivity contribution in [1.29, 1.82) is 0 Å². The van der Waals surface area contributed by atoms with Gasteiger partial charge in [0.05, 0.1) is 12.7 Å². The lowest BCUT2D eigenvalue weighted by Crippen LogP contribution is -2.35. The van der Waals surface area contributed by atoms with Crippen LogP contribution in [0.15, 0.2) is 16.6 Å². The monoisotopic (exact) mass is 302 g/mol. The molecule has 1 aromatic rings. The molecule has 90 valence electrons. The highest BCUT2D eigenvalue weighted by Crippen LogP contribution is 2.29. The molecule has 0 fully saturated rings. The van der Waals surface area contributed by atoms with Gasteiger partial charge in [0, 0.05) is 10.9 Å². The Bertz CT molecular complexity index is 500. The Balaban J connectivity index is 2.43. The van der Waals surface area contributed by atoms with Gasteiger partial charge in [0.15, 0.2) is 0 Å². The molecule has 6 heteroatoms. The third kappa shape index (κ3) is 2.17. The molecule has 0 N–H and O–H groups in total. The molecule has 0 saturated heterocycles. The van der Waals surface area contributed by atoms with E-state index in [9.17, 15) is 14.0 Å². The molecule has 1 aliphatic rings. The summed E-state index contributed by atoms with van der Waals surface area (Å²) < 4.78 is 22.9. The first-order valence-electron chi connectivity index (χ1n) is 4.79. The van der Waals surface area contributed by atoms with Crippen molar-refractivity contribution in [2.45, 2.75) is 12.5 Å². The molecule has 0 bridgehead atoms. The van der Waals surface area contributed by atoms with Crippen molar-refractivity contribution in [2.75, 3.05) is 7.11 Å². The lowest BCUT2D eigenvalue weighted by Gasteiger charge is -2.23. The molecule has 0 aliphatic carbocycles. The number of ether oxygens (including phenoxy) is 2. The minimum atomic E-state index is -0.971. The van der Waals surface area contributed by atoms with Crippen molar-refractivity contribution >= 4 is 27.9 Å². The fourth-order valence-corrected chi connectivity index (χ4v) is 2.27. The van der Waals surface area contributed by atoms with Gasteiger partial charge >= 0.3 is 11.9 Å². The molecule has 0 saturated carbocycles. The SMILES string of the molecule is COC(=O)C1Cc2c(Br)cc(F)cc2C(=O)O1. The van der Waals surface area contributed by atoms with Crippen LogP contribution in [0.25, 0.3) is 0 Å². The van der Waals surface area contributed by atoms with E-state index in [-0.39, 0.29) is 12.0 Å². The number of hydrogen-bond donors (Lipinski definition) is 0. The third-order valence-corrected chi connectivity index (χ3v) is 3.19. The molecule has 0 amide bonds. The molecular formula is C11H8BrFO4. The number of carbonyl (C=O) groups excluding carboxylic acids is 2. The predicted octanol–water partition coefficient (Wildman–Crippen LogP) is 1.84. The third-order valence-electron chi connectivity index (χ3n) is 2.48. The first-order valence-corrected chi connectivity index (χ1v) is 5.59. The van der Waals surface area contributed by atoms with Gasteiger partial charge in [0.2, 0.25) is 6.10 Å².